The Hall–Kier alpha value is -1.59. The fourth-order valence-corrected chi connectivity index (χ4v) is 3.75. The van der Waals surface area contributed by atoms with Gasteiger partial charge in [-0.05, 0) is 56.9 Å². The number of halogens is 1. The lowest BCUT2D eigenvalue weighted by atomic mass is 9.99. The molecule has 0 spiro atoms. The molecule has 2 N–H and O–H groups in total. The minimum Gasteiger partial charge on any atom is -0.494 e. The third-order valence-electron chi connectivity index (χ3n) is 4.90. The summed E-state index contributed by atoms with van der Waals surface area (Å²) in [6.45, 7) is 2.53. The minimum atomic E-state index is -0.0133. The molecule has 0 aliphatic carbocycles. The molecule has 0 saturated carbocycles. The molecule has 2 fully saturated rings. The maximum absolute atomic E-state index is 12.2. The summed E-state index contributed by atoms with van der Waals surface area (Å²) in [5, 5.41) is 6.66. The lowest BCUT2D eigenvalue weighted by Gasteiger charge is -2.29. The van der Waals surface area contributed by atoms with Crippen molar-refractivity contribution in [1.29, 1.82) is 0 Å². The second-order valence-electron chi connectivity index (χ2n) is 6.75. The molecule has 2 aliphatic heterocycles. The number of hydrogen-bond donors (Lipinski definition) is 2. The predicted molar refractivity (Wildman–Crippen MR) is 99.5 cm³/mol. The molecule has 138 valence electrons. The molecule has 1 aromatic rings. The van der Waals surface area contributed by atoms with Gasteiger partial charge in [-0.15, -0.1) is 12.4 Å². The van der Waals surface area contributed by atoms with Crippen molar-refractivity contribution in [1.82, 2.24) is 10.6 Å². The molecule has 2 heterocycles. The molecule has 1 aromatic carbocycles. The number of hydrogen-bond acceptors (Lipinski definition) is 4. The van der Waals surface area contributed by atoms with Crippen LogP contribution in [-0.2, 0) is 4.79 Å². The molecular formula is C19H27ClN2O3. The van der Waals surface area contributed by atoms with E-state index in [1.807, 2.05) is 6.92 Å². The largest absolute Gasteiger partial charge is 0.494 e. The molecule has 1 amide bonds. The number of nitrogens with one attached hydrogen (secondary N) is 2. The molecular weight excluding hydrogens is 340 g/mol. The van der Waals surface area contributed by atoms with Crippen LogP contribution < -0.4 is 15.4 Å². The summed E-state index contributed by atoms with van der Waals surface area (Å²) in [5.41, 5.74) is 0.631. The lowest BCUT2D eigenvalue weighted by Crippen LogP contribution is -2.48. The first-order valence-electron chi connectivity index (χ1n) is 8.95. The Morgan fingerprint density at radius 3 is 2.36 bits per heavy atom. The van der Waals surface area contributed by atoms with Crippen molar-refractivity contribution < 1.29 is 14.3 Å². The van der Waals surface area contributed by atoms with Crippen LogP contribution in [0.1, 0.15) is 55.8 Å². The Kier molecular flexibility index (Phi) is 7.26. The average molecular weight is 367 g/mol. The second kappa shape index (κ2) is 9.20. The minimum absolute atomic E-state index is 0. The smallest absolute Gasteiger partial charge is 0.220 e. The van der Waals surface area contributed by atoms with Crippen molar-refractivity contribution in [3.63, 3.8) is 0 Å². The van der Waals surface area contributed by atoms with E-state index in [0.29, 0.717) is 24.3 Å². The van der Waals surface area contributed by atoms with Gasteiger partial charge in [0.1, 0.15) is 5.75 Å². The van der Waals surface area contributed by atoms with Gasteiger partial charge in [-0.3, -0.25) is 9.59 Å². The summed E-state index contributed by atoms with van der Waals surface area (Å²) < 4.78 is 5.37. The van der Waals surface area contributed by atoms with Gasteiger partial charge in [0.05, 0.1) is 6.61 Å². The highest BCUT2D eigenvalue weighted by molar-refractivity contribution is 5.98. The topological polar surface area (TPSA) is 67.4 Å². The molecule has 3 rings (SSSR count). The molecule has 2 aliphatic rings. The lowest BCUT2D eigenvalue weighted by molar-refractivity contribution is -0.122. The van der Waals surface area contributed by atoms with Gasteiger partial charge in [0.15, 0.2) is 5.78 Å². The maximum Gasteiger partial charge on any atom is 0.220 e. The van der Waals surface area contributed by atoms with Crippen molar-refractivity contribution in [3.8, 4) is 5.75 Å². The van der Waals surface area contributed by atoms with Crippen molar-refractivity contribution in [2.75, 3.05) is 6.61 Å². The van der Waals surface area contributed by atoms with Crippen LogP contribution in [0, 0.1) is 0 Å². The van der Waals surface area contributed by atoms with Gasteiger partial charge in [-0.1, -0.05) is 0 Å². The number of ketones is 1. The van der Waals surface area contributed by atoms with E-state index in [4.69, 9.17) is 4.74 Å². The Morgan fingerprint density at radius 2 is 1.76 bits per heavy atom. The Labute approximate surface area is 155 Å². The van der Waals surface area contributed by atoms with E-state index in [0.717, 1.165) is 18.6 Å². The number of benzene rings is 1. The van der Waals surface area contributed by atoms with Crippen LogP contribution in [0.3, 0.4) is 0 Å². The normalized spacial score (nSPS) is 24.3. The molecule has 2 saturated heterocycles. The molecule has 5 nitrogen and oxygen atoms in total. The third-order valence-corrected chi connectivity index (χ3v) is 4.90. The van der Waals surface area contributed by atoms with Gasteiger partial charge >= 0.3 is 0 Å². The number of carbonyl (C=O) groups is 2. The molecule has 0 radical (unpaired) electrons. The van der Waals surface area contributed by atoms with E-state index >= 15 is 0 Å². The van der Waals surface area contributed by atoms with Crippen molar-refractivity contribution in [2.45, 2.75) is 63.6 Å². The summed E-state index contributed by atoms with van der Waals surface area (Å²) >= 11 is 0. The van der Waals surface area contributed by atoms with E-state index in [1.165, 1.54) is 12.8 Å². The molecule has 6 heteroatoms. The van der Waals surface area contributed by atoms with Crippen LogP contribution in [0.25, 0.3) is 0 Å². The summed E-state index contributed by atoms with van der Waals surface area (Å²) in [6.07, 6.45) is 4.95. The molecule has 25 heavy (non-hydrogen) atoms. The number of carbonyl (C=O) groups excluding carboxylic acids is 2. The van der Waals surface area contributed by atoms with Gasteiger partial charge in [-0.25, -0.2) is 0 Å². The number of amides is 1. The standard InChI is InChI=1S/C19H26N2O3.ClH/c1-2-24-17-7-3-13(4-8-17)18(22)9-10-19(23)21-16-11-14-5-6-15(12-16)20-14;/h3-4,7-8,14-16,20H,2,5-6,9-12H2,1H3,(H,21,23);1H. The third kappa shape index (κ3) is 5.44. The SMILES string of the molecule is CCOc1ccc(C(=O)CCC(=O)NC2CC3CCC(C2)N3)cc1.Cl. The highest BCUT2D eigenvalue weighted by Gasteiger charge is 2.33. The zero-order valence-corrected chi connectivity index (χ0v) is 15.4. The highest BCUT2D eigenvalue weighted by Crippen LogP contribution is 2.26. The van der Waals surface area contributed by atoms with Crippen molar-refractivity contribution >= 4 is 24.1 Å². The number of piperidine rings is 1. The Morgan fingerprint density at radius 1 is 1.12 bits per heavy atom. The van der Waals surface area contributed by atoms with Gasteiger partial charge in [0.25, 0.3) is 0 Å². The zero-order valence-electron chi connectivity index (χ0n) is 14.6. The Bertz CT molecular complexity index is 579. The fourth-order valence-electron chi connectivity index (χ4n) is 3.75. The average Bonchev–Trinajstić information content (AvgIpc) is 2.92. The van der Waals surface area contributed by atoms with E-state index in [-0.39, 0.29) is 43.0 Å². The van der Waals surface area contributed by atoms with Crippen LogP contribution in [-0.4, -0.2) is 36.4 Å². The molecule has 2 bridgehead atoms. The number of Topliss-reactive ketones (excluding diaryl/α,β-unsaturated/α-hetero) is 1. The first kappa shape index (κ1) is 19.7. The van der Waals surface area contributed by atoms with Crippen LogP contribution in [0.15, 0.2) is 24.3 Å². The monoisotopic (exact) mass is 366 g/mol. The van der Waals surface area contributed by atoms with Crippen LogP contribution in [0.4, 0.5) is 0 Å². The summed E-state index contributed by atoms with van der Waals surface area (Å²) in [6, 6.07) is 8.48. The van der Waals surface area contributed by atoms with Crippen LogP contribution in [0.5, 0.6) is 5.75 Å². The van der Waals surface area contributed by atoms with E-state index in [9.17, 15) is 9.59 Å². The van der Waals surface area contributed by atoms with Crippen LogP contribution >= 0.6 is 12.4 Å². The quantitative estimate of drug-likeness (QED) is 0.728. The highest BCUT2D eigenvalue weighted by atomic mass is 35.5. The Balaban J connectivity index is 0.00000225. The number of fused-ring (bicyclic) bond motifs is 2. The summed E-state index contributed by atoms with van der Waals surface area (Å²) in [7, 11) is 0. The van der Waals surface area contributed by atoms with E-state index in [2.05, 4.69) is 10.6 Å². The van der Waals surface area contributed by atoms with Gasteiger partial charge in [0, 0.05) is 36.5 Å². The molecule has 2 atom stereocenters. The number of ether oxygens (including phenoxy) is 1. The van der Waals surface area contributed by atoms with Gasteiger partial charge < -0.3 is 15.4 Å². The number of rotatable bonds is 7. The zero-order chi connectivity index (χ0) is 16.9. The van der Waals surface area contributed by atoms with Gasteiger partial charge in [0.2, 0.25) is 5.91 Å². The molecule has 0 aromatic heterocycles. The molecule has 2 unspecified atom stereocenters. The van der Waals surface area contributed by atoms with Crippen LogP contribution in [0.2, 0.25) is 0 Å². The van der Waals surface area contributed by atoms with Crippen molar-refractivity contribution in [2.24, 2.45) is 0 Å². The summed E-state index contributed by atoms with van der Waals surface area (Å²) in [5.74, 6) is 0.742. The van der Waals surface area contributed by atoms with E-state index < -0.39 is 0 Å². The van der Waals surface area contributed by atoms with Gasteiger partial charge in [-0.2, -0.15) is 0 Å². The van der Waals surface area contributed by atoms with E-state index in [1.54, 1.807) is 24.3 Å². The second-order valence-corrected chi connectivity index (χ2v) is 6.75. The first-order chi connectivity index (χ1) is 11.6. The maximum atomic E-state index is 12.2. The summed E-state index contributed by atoms with van der Waals surface area (Å²) in [4.78, 5) is 24.3. The first-order valence-corrected chi connectivity index (χ1v) is 8.95. The predicted octanol–water partition coefficient (Wildman–Crippen LogP) is 2.87. The fraction of sp³-hybridized carbons (Fsp3) is 0.579. The van der Waals surface area contributed by atoms with Crippen molar-refractivity contribution in [3.05, 3.63) is 29.8 Å².